The molecule has 1 aromatic carbocycles. The van der Waals surface area contributed by atoms with E-state index in [2.05, 4.69) is 29.4 Å². The van der Waals surface area contributed by atoms with Crippen LogP contribution in [-0.2, 0) is 23.9 Å². The molecule has 0 saturated carbocycles. The summed E-state index contributed by atoms with van der Waals surface area (Å²) in [6.45, 7) is 7.13. The van der Waals surface area contributed by atoms with Gasteiger partial charge in [0.15, 0.2) is 0 Å². The number of carbonyl (C=O) groups excluding carboxylic acids is 4. The molecule has 3 saturated heterocycles. The van der Waals surface area contributed by atoms with Gasteiger partial charge in [-0.1, -0.05) is 0 Å². The fraction of sp³-hybridized carbons (Fsp3) is 0.643. The summed E-state index contributed by atoms with van der Waals surface area (Å²) >= 11 is 0. The molecule has 0 unspecified atom stereocenters. The molecule has 1 spiro atoms. The highest BCUT2D eigenvalue weighted by Gasteiger charge is 2.43. The number of nitrogens with one attached hydrogen (secondary N) is 2. The van der Waals surface area contributed by atoms with Crippen molar-refractivity contribution in [1.29, 1.82) is 0 Å². The number of ether oxygens (including phenoxy) is 2. The van der Waals surface area contributed by atoms with Crippen molar-refractivity contribution < 1.29 is 33.0 Å². The highest BCUT2D eigenvalue weighted by Crippen LogP contribution is 2.29. The summed E-state index contributed by atoms with van der Waals surface area (Å²) < 4.78 is 24.3. The second kappa shape index (κ2) is 13.5. The van der Waals surface area contributed by atoms with E-state index in [-0.39, 0.29) is 55.9 Å². The third-order valence-electron chi connectivity index (χ3n) is 7.91. The second-order valence-corrected chi connectivity index (χ2v) is 11.0. The van der Waals surface area contributed by atoms with Crippen LogP contribution >= 0.6 is 0 Å². The average molecular weight is 562 g/mol. The Bertz CT molecular complexity index is 1060. The first kappa shape index (κ1) is 29.9. The van der Waals surface area contributed by atoms with E-state index in [4.69, 9.17) is 9.47 Å². The summed E-state index contributed by atoms with van der Waals surface area (Å²) in [6, 6.07) is 4.95. The van der Waals surface area contributed by atoms with E-state index < -0.39 is 17.4 Å². The predicted molar refractivity (Wildman–Crippen MR) is 144 cm³/mol. The minimum absolute atomic E-state index is 0.00584. The molecule has 2 N–H and O–H groups in total. The minimum atomic E-state index is -0.902. The first-order valence-electron chi connectivity index (χ1n) is 14.0. The van der Waals surface area contributed by atoms with Crippen molar-refractivity contribution >= 4 is 23.6 Å². The summed E-state index contributed by atoms with van der Waals surface area (Å²) in [4.78, 5) is 58.4. The molecule has 3 aliphatic heterocycles. The monoisotopic (exact) mass is 561 g/mol. The quantitative estimate of drug-likeness (QED) is 0.536. The van der Waals surface area contributed by atoms with Crippen molar-refractivity contribution in [2.45, 2.75) is 50.7 Å². The molecule has 4 amide bonds. The molecule has 1 atom stereocenters. The number of hydrogen-bond donors (Lipinski definition) is 2. The lowest BCUT2D eigenvalue weighted by molar-refractivity contribution is -0.146. The van der Waals surface area contributed by atoms with Gasteiger partial charge < -0.3 is 29.9 Å². The van der Waals surface area contributed by atoms with Crippen molar-refractivity contribution in [2.75, 3.05) is 65.7 Å². The largest absolute Gasteiger partial charge is 0.377 e. The van der Waals surface area contributed by atoms with Gasteiger partial charge in [-0.25, -0.2) is 4.39 Å². The third-order valence-corrected chi connectivity index (χ3v) is 7.91. The maximum Gasteiger partial charge on any atom is 0.253 e. The van der Waals surface area contributed by atoms with Gasteiger partial charge in [-0.15, -0.1) is 0 Å². The standard InChI is InChI=1S/C28H40FN5O6/c1-20(2)33-12-13-34-23(18-33)26(37)30-9-14-39-15-16-40-19-24(35)31-28(17-25(34)36)7-10-32(11-8-28)27(38)21-3-5-22(29)6-4-21/h3-6,20,23H,7-19H2,1-2H3,(H,30,37)(H,31,35)/t23-/m0/s1. The number of nitrogens with zero attached hydrogens (tertiary/aromatic N) is 3. The van der Waals surface area contributed by atoms with Gasteiger partial charge >= 0.3 is 0 Å². The number of piperazine rings is 1. The average Bonchev–Trinajstić information content (AvgIpc) is 2.93. The van der Waals surface area contributed by atoms with Crippen LogP contribution in [0.15, 0.2) is 24.3 Å². The lowest BCUT2D eigenvalue weighted by Crippen LogP contribution is -2.64. The van der Waals surface area contributed by atoms with E-state index in [1.165, 1.54) is 24.3 Å². The fourth-order valence-corrected chi connectivity index (χ4v) is 5.53. The molecular formula is C28H40FN5O6. The molecule has 3 fully saturated rings. The number of halogens is 1. The van der Waals surface area contributed by atoms with Gasteiger partial charge in [0.1, 0.15) is 18.5 Å². The van der Waals surface area contributed by atoms with Gasteiger partial charge in [-0.05, 0) is 51.0 Å². The summed E-state index contributed by atoms with van der Waals surface area (Å²) in [5, 5.41) is 5.93. The molecule has 4 rings (SSSR count). The van der Waals surface area contributed by atoms with Crippen LogP contribution < -0.4 is 10.6 Å². The minimum Gasteiger partial charge on any atom is -0.377 e. The van der Waals surface area contributed by atoms with Crippen LogP contribution in [-0.4, -0.2) is 122 Å². The Balaban J connectivity index is 1.52. The lowest BCUT2D eigenvalue weighted by atomic mass is 9.83. The van der Waals surface area contributed by atoms with Crippen LogP contribution in [0.5, 0.6) is 0 Å². The molecule has 12 heteroatoms. The van der Waals surface area contributed by atoms with Crippen LogP contribution in [0.25, 0.3) is 0 Å². The van der Waals surface area contributed by atoms with Crippen LogP contribution in [0.1, 0.15) is 43.5 Å². The van der Waals surface area contributed by atoms with Gasteiger partial charge in [0.25, 0.3) is 5.91 Å². The molecule has 40 heavy (non-hydrogen) atoms. The van der Waals surface area contributed by atoms with E-state index in [9.17, 15) is 23.6 Å². The molecule has 0 bridgehead atoms. The van der Waals surface area contributed by atoms with Gasteiger partial charge in [0, 0.05) is 50.9 Å². The molecule has 0 aromatic heterocycles. The summed E-state index contributed by atoms with van der Waals surface area (Å²) in [6.07, 6.45) is 0.707. The predicted octanol–water partition coefficient (Wildman–Crippen LogP) is 0.391. The molecule has 1 aromatic rings. The first-order chi connectivity index (χ1) is 19.2. The zero-order chi connectivity index (χ0) is 28.7. The van der Waals surface area contributed by atoms with Crippen molar-refractivity contribution in [3.63, 3.8) is 0 Å². The zero-order valence-electron chi connectivity index (χ0n) is 23.3. The molecular weight excluding hydrogens is 521 g/mol. The second-order valence-electron chi connectivity index (χ2n) is 11.0. The number of amides is 4. The number of likely N-dealkylation sites (tertiary alicyclic amines) is 1. The Morgan fingerprint density at radius 2 is 1.70 bits per heavy atom. The summed E-state index contributed by atoms with van der Waals surface area (Å²) in [5.41, 5.74) is -0.524. The zero-order valence-corrected chi connectivity index (χ0v) is 23.3. The number of piperidine rings is 1. The number of rotatable bonds is 2. The Hall–Kier alpha value is -3.09. The SMILES string of the molecule is CC(C)N1CCN2C(=O)CC3(CCN(C(=O)c4ccc(F)cc4)CC3)NC(=O)COCCOCCNC(=O)[C@@H]2C1. The number of fused-ring (bicyclic) bond motifs is 1. The van der Waals surface area contributed by atoms with Crippen LogP contribution in [0.4, 0.5) is 4.39 Å². The Morgan fingerprint density at radius 3 is 2.40 bits per heavy atom. The van der Waals surface area contributed by atoms with E-state index >= 15 is 0 Å². The van der Waals surface area contributed by atoms with Crippen molar-refractivity contribution in [3.8, 4) is 0 Å². The van der Waals surface area contributed by atoms with E-state index in [0.717, 1.165) is 0 Å². The molecule has 0 radical (unpaired) electrons. The van der Waals surface area contributed by atoms with E-state index in [1.807, 2.05) is 0 Å². The Morgan fingerprint density at radius 1 is 1.00 bits per heavy atom. The van der Waals surface area contributed by atoms with E-state index in [0.29, 0.717) is 64.3 Å². The van der Waals surface area contributed by atoms with Gasteiger partial charge in [-0.2, -0.15) is 0 Å². The smallest absolute Gasteiger partial charge is 0.253 e. The number of carbonyl (C=O) groups is 4. The van der Waals surface area contributed by atoms with Crippen LogP contribution in [0, 0.1) is 5.82 Å². The normalized spacial score (nSPS) is 24.0. The maximum atomic E-state index is 13.8. The Kier molecular flexibility index (Phi) is 10.1. The Labute approximate surface area is 234 Å². The topological polar surface area (TPSA) is 121 Å². The van der Waals surface area contributed by atoms with Gasteiger partial charge in [0.2, 0.25) is 17.7 Å². The highest BCUT2D eigenvalue weighted by atomic mass is 19.1. The van der Waals surface area contributed by atoms with Crippen molar-refractivity contribution in [2.24, 2.45) is 0 Å². The number of hydrogen-bond acceptors (Lipinski definition) is 7. The summed E-state index contributed by atoms with van der Waals surface area (Å²) in [7, 11) is 0. The molecule has 220 valence electrons. The van der Waals surface area contributed by atoms with Crippen LogP contribution in [0.2, 0.25) is 0 Å². The van der Waals surface area contributed by atoms with E-state index in [1.54, 1.807) is 9.80 Å². The lowest BCUT2D eigenvalue weighted by Gasteiger charge is -2.46. The van der Waals surface area contributed by atoms with Crippen molar-refractivity contribution in [1.82, 2.24) is 25.3 Å². The summed E-state index contributed by atoms with van der Waals surface area (Å²) in [5.74, 6) is -1.45. The first-order valence-corrected chi connectivity index (χ1v) is 14.0. The molecule has 3 heterocycles. The third kappa shape index (κ3) is 7.55. The van der Waals surface area contributed by atoms with Gasteiger partial charge in [-0.3, -0.25) is 24.1 Å². The molecule has 11 nitrogen and oxygen atoms in total. The number of benzene rings is 1. The van der Waals surface area contributed by atoms with Crippen molar-refractivity contribution in [3.05, 3.63) is 35.6 Å². The highest BCUT2D eigenvalue weighted by molar-refractivity contribution is 5.94. The molecule has 3 aliphatic rings. The fourth-order valence-electron chi connectivity index (χ4n) is 5.53. The van der Waals surface area contributed by atoms with Crippen LogP contribution in [0.3, 0.4) is 0 Å². The maximum absolute atomic E-state index is 13.8. The molecule has 0 aliphatic carbocycles. The van der Waals surface area contributed by atoms with Gasteiger partial charge in [0.05, 0.1) is 31.8 Å².